The van der Waals surface area contributed by atoms with Gasteiger partial charge in [0, 0.05) is 25.2 Å². The van der Waals surface area contributed by atoms with E-state index in [1.54, 1.807) is 0 Å². The highest BCUT2D eigenvalue weighted by atomic mass is 32.2. The van der Waals surface area contributed by atoms with Gasteiger partial charge in [0.05, 0.1) is 5.92 Å². The van der Waals surface area contributed by atoms with Gasteiger partial charge in [0.25, 0.3) is 0 Å². The first-order valence-corrected chi connectivity index (χ1v) is 7.55. The number of benzene rings is 1. The lowest BCUT2D eigenvalue weighted by atomic mass is 10.0. The van der Waals surface area contributed by atoms with Crippen molar-refractivity contribution in [3.8, 4) is 0 Å². The first-order valence-electron chi connectivity index (χ1n) is 6.11. The van der Waals surface area contributed by atoms with Gasteiger partial charge in [-0.15, -0.1) is 0 Å². The highest BCUT2D eigenvalue weighted by Crippen LogP contribution is 2.27. The fourth-order valence-corrected chi connectivity index (χ4v) is 3.88. The van der Waals surface area contributed by atoms with E-state index >= 15 is 0 Å². The van der Waals surface area contributed by atoms with Gasteiger partial charge in [-0.1, -0.05) is 0 Å². The molecule has 0 aliphatic carbocycles. The molecule has 1 saturated heterocycles. The molecule has 0 radical (unpaired) electrons. The number of halogens is 3. The van der Waals surface area contributed by atoms with Crippen LogP contribution in [0.2, 0.25) is 0 Å². The van der Waals surface area contributed by atoms with Crippen LogP contribution in [0.5, 0.6) is 0 Å². The van der Waals surface area contributed by atoms with Gasteiger partial charge in [-0.3, -0.25) is 4.79 Å². The van der Waals surface area contributed by atoms with Gasteiger partial charge < -0.3 is 5.11 Å². The number of sulfonamides is 1. The maximum absolute atomic E-state index is 13.6. The average molecular weight is 323 g/mol. The van der Waals surface area contributed by atoms with Crippen molar-refractivity contribution in [2.45, 2.75) is 17.7 Å². The first-order chi connectivity index (χ1) is 9.73. The van der Waals surface area contributed by atoms with Crippen LogP contribution >= 0.6 is 0 Å². The Kier molecular flexibility index (Phi) is 4.24. The molecule has 1 fully saturated rings. The first kappa shape index (κ1) is 15.8. The summed E-state index contributed by atoms with van der Waals surface area (Å²) < 4.78 is 65.3. The summed E-state index contributed by atoms with van der Waals surface area (Å²) in [4.78, 5) is 9.67. The lowest BCUT2D eigenvalue weighted by Gasteiger charge is -2.29. The van der Waals surface area contributed by atoms with E-state index in [9.17, 15) is 26.4 Å². The molecule has 2 rings (SSSR count). The summed E-state index contributed by atoms with van der Waals surface area (Å²) >= 11 is 0. The number of hydrogen-bond acceptors (Lipinski definition) is 3. The molecule has 0 bridgehead atoms. The molecule has 1 aliphatic heterocycles. The number of hydrogen-bond donors (Lipinski definition) is 1. The van der Waals surface area contributed by atoms with Crippen molar-refractivity contribution in [3.05, 3.63) is 29.6 Å². The van der Waals surface area contributed by atoms with Crippen LogP contribution in [0.15, 0.2) is 17.0 Å². The monoisotopic (exact) mass is 323 g/mol. The highest BCUT2D eigenvalue weighted by molar-refractivity contribution is 7.89. The second kappa shape index (κ2) is 5.64. The largest absolute Gasteiger partial charge is 0.481 e. The molecule has 1 aliphatic rings. The van der Waals surface area contributed by atoms with Crippen LogP contribution in [-0.4, -0.2) is 36.9 Å². The van der Waals surface area contributed by atoms with Gasteiger partial charge in [0.2, 0.25) is 10.0 Å². The van der Waals surface area contributed by atoms with Crippen LogP contribution in [0.1, 0.15) is 12.8 Å². The summed E-state index contributed by atoms with van der Waals surface area (Å²) in [6, 6.07) is 0.545. The Morgan fingerprint density at radius 3 is 2.33 bits per heavy atom. The van der Waals surface area contributed by atoms with E-state index < -0.39 is 44.3 Å². The fourth-order valence-electron chi connectivity index (χ4n) is 2.27. The maximum atomic E-state index is 13.6. The molecule has 1 aromatic carbocycles. The van der Waals surface area contributed by atoms with E-state index in [1.807, 2.05) is 0 Å². The summed E-state index contributed by atoms with van der Waals surface area (Å²) in [6.07, 6.45) is 0.552. The summed E-state index contributed by atoms with van der Waals surface area (Å²) in [6.45, 7) is -0.406. The Morgan fingerprint density at radius 2 is 1.81 bits per heavy atom. The molecule has 1 atom stereocenters. The fraction of sp³-hybridized carbons (Fsp3) is 0.417. The van der Waals surface area contributed by atoms with E-state index in [-0.39, 0.29) is 38.1 Å². The highest BCUT2D eigenvalue weighted by Gasteiger charge is 2.36. The molecule has 0 saturated carbocycles. The van der Waals surface area contributed by atoms with E-state index in [0.717, 1.165) is 0 Å². The minimum absolute atomic E-state index is 0.0393. The second-order valence-electron chi connectivity index (χ2n) is 4.74. The van der Waals surface area contributed by atoms with Crippen LogP contribution in [0.4, 0.5) is 13.2 Å². The third kappa shape index (κ3) is 3.03. The van der Waals surface area contributed by atoms with Gasteiger partial charge in [-0.2, -0.15) is 4.31 Å². The van der Waals surface area contributed by atoms with E-state index in [1.165, 1.54) is 0 Å². The Morgan fingerprint density at radius 1 is 1.24 bits per heavy atom. The van der Waals surface area contributed by atoms with E-state index in [0.29, 0.717) is 4.31 Å². The molecule has 0 amide bonds. The van der Waals surface area contributed by atoms with Crippen LogP contribution in [-0.2, 0) is 14.8 Å². The Hall–Kier alpha value is -1.61. The maximum Gasteiger partial charge on any atom is 0.307 e. The molecule has 1 heterocycles. The molecular weight excluding hydrogens is 311 g/mol. The normalized spacial score (nSPS) is 20.4. The number of carboxylic acid groups (broad SMARTS) is 1. The van der Waals surface area contributed by atoms with Crippen LogP contribution in [0.3, 0.4) is 0 Å². The van der Waals surface area contributed by atoms with Crippen molar-refractivity contribution < 1.29 is 31.5 Å². The SMILES string of the molecule is O=C(O)[C@@H]1CCCN(S(=O)(=O)c2c(F)cc(F)cc2F)C1. The third-order valence-corrected chi connectivity index (χ3v) is 5.21. The standard InChI is InChI=1S/C12H12F3NO4S/c13-8-4-9(14)11(10(15)5-8)21(19,20)16-3-1-2-7(6-16)12(17)18/h4-5,7H,1-3,6H2,(H,17,18)/t7-/m1/s1. The Bertz CT molecular complexity index is 654. The van der Waals surface area contributed by atoms with Gasteiger partial charge in [0.1, 0.15) is 17.5 Å². The molecule has 0 spiro atoms. The molecule has 5 nitrogen and oxygen atoms in total. The Labute approximate surface area is 119 Å². The third-order valence-electron chi connectivity index (χ3n) is 3.29. The number of rotatable bonds is 3. The molecule has 21 heavy (non-hydrogen) atoms. The molecule has 1 aromatic rings. The van der Waals surface area contributed by atoms with Crippen LogP contribution < -0.4 is 0 Å². The van der Waals surface area contributed by atoms with Crippen molar-refractivity contribution in [3.63, 3.8) is 0 Å². The summed E-state index contributed by atoms with van der Waals surface area (Å²) in [5, 5.41) is 8.92. The van der Waals surface area contributed by atoms with Crippen molar-refractivity contribution in [1.29, 1.82) is 0 Å². The van der Waals surface area contributed by atoms with Gasteiger partial charge in [-0.05, 0) is 12.8 Å². The summed E-state index contributed by atoms with van der Waals surface area (Å²) in [5.41, 5.74) is 0. The molecule has 0 aromatic heterocycles. The zero-order valence-corrected chi connectivity index (χ0v) is 11.5. The summed E-state index contributed by atoms with van der Waals surface area (Å²) in [5.74, 6) is -6.41. The van der Waals surface area contributed by atoms with Crippen LogP contribution in [0, 0.1) is 23.4 Å². The smallest absolute Gasteiger partial charge is 0.307 e. The minimum atomic E-state index is -4.55. The minimum Gasteiger partial charge on any atom is -0.481 e. The molecule has 9 heteroatoms. The number of nitrogens with zero attached hydrogens (tertiary/aromatic N) is 1. The predicted molar refractivity (Wildman–Crippen MR) is 65.4 cm³/mol. The van der Waals surface area contributed by atoms with Gasteiger partial charge >= 0.3 is 5.97 Å². The predicted octanol–water partition coefficient (Wildman–Crippen LogP) is 1.59. The molecular formula is C12H12F3NO4S. The van der Waals surface area contributed by atoms with Crippen molar-refractivity contribution in [1.82, 2.24) is 4.31 Å². The van der Waals surface area contributed by atoms with Gasteiger partial charge in [0.15, 0.2) is 4.90 Å². The summed E-state index contributed by atoms with van der Waals surface area (Å²) in [7, 11) is -4.55. The van der Waals surface area contributed by atoms with Crippen molar-refractivity contribution >= 4 is 16.0 Å². The van der Waals surface area contributed by atoms with Crippen molar-refractivity contribution in [2.75, 3.05) is 13.1 Å². The second-order valence-corrected chi connectivity index (χ2v) is 6.61. The van der Waals surface area contributed by atoms with Crippen LogP contribution in [0.25, 0.3) is 0 Å². The number of carboxylic acids is 1. The van der Waals surface area contributed by atoms with E-state index in [4.69, 9.17) is 5.11 Å². The molecule has 116 valence electrons. The molecule has 1 N–H and O–H groups in total. The van der Waals surface area contributed by atoms with Crippen molar-refractivity contribution in [2.24, 2.45) is 5.92 Å². The number of piperidine rings is 1. The number of carbonyl (C=O) groups is 1. The lowest BCUT2D eigenvalue weighted by Crippen LogP contribution is -2.42. The zero-order valence-electron chi connectivity index (χ0n) is 10.7. The zero-order chi connectivity index (χ0) is 15.8. The quantitative estimate of drug-likeness (QED) is 0.917. The van der Waals surface area contributed by atoms with E-state index in [2.05, 4.69) is 0 Å². The Balaban J connectivity index is 2.41. The van der Waals surface area contributed by atoms with Gasteiger partial charge in [-0.25, -0.2) is 21.6 Å². The topological polar surface area (TPSA) is 74.7 Å². The lowest BCUT2D eigenvalue weighted by molar-refractivity contribution is -0.142. The molecule has 0 unspecified atom stereocenters. The number of aliphatic carboxylic acids is 1. The average Bonchev–Trinajstić information content (AvgIpc) is 2.37.